The Labute approximate surface area is 36.3 Å². The van der Waals surface area contributed by atoms with E-state index in [0.717, 1.165) is 13.0 Å². The molecule has 0 aliphatic carbocycles. The van der Waals surface area contributed by atoms with Crippen LogP contribution >= 0.6 is 0 Å². The van der Waals surface area contributed by atoms with Crippen LogP contribution in [0.2, 0.25) is 0 Å². The monoisotopic (exact) mass is 88.1 g/mol. The molecule has 1 heterocycles. The average molecular weight is 88.1 g/mol. The third-order valence-corrected chi connectivity index (χ3v) is 0.674. The van der Waals surface area contributed by atoms with Crippen LogP contribution < -0.4 is 11.5 Å². The Hall–Kier alpha value is -0.570. The fourth-order valence-corrected chi connectivity index (χ4v) is 0.227. The number of carbonyl (C=O) groups is 1. The summed E-state index contributed by atoms with van der Waals surface area (Å²) in [6, 6.07) is 0. The quantitative estimate of drug-likeness (QED) is 0.398. The van der Waals surface area contributed by atoms with Crippen molar-refractivity contribution in [2.45, 2.75) is 6.42 Å². The van der Waals surface area contributed by atoms with E-state index in [9.17, 15) is 4.79 Å². The van der Waals surface area contributed by atoms with E-state index in [4.69, 9.17) is 0 Å². The maximum atomic E-state index is 9.79. The standard InChI is InChI=1S/C3H5NO.H3N/c5-3-1-2-4-3;/h1-2H2,(H,4,5);1H3. The third-order valence-electron chi connectivity index (χ3n) is 0.674. The van der Waals surface area contributed by atoms with E-state index in [0.29, 0.717) is 0 Å². The fraction of sp³-hybridized carbons (Fsp3) is 0.667. The van der Waals surface area contributed by atoms with E-state index in [2.05, 4.69) is 5.32 Å². The van der Waals surface area contributed by atoms with Gasteiger partial charge in [0.2, 0.25) is 5.91 Å². The summed E-state index contributed by atoms with van der Waals surface area (Å²) in [5, 5.41) is 2.57. The van der Waals surface area contributed by atoms with Gasteiger partial charge in [-0.25, -0.2) is 0 Å². The molecule has 0 aromatic rings. The summed E-state index contributed by atoms with van der Waals surface area (Å²) in [5.41, 5.74) is 0. The number of hydrogen-bond acceptors (Lipinski definition) is 2. The van der Waals surface area contributed by atoms with Crippen LogP contribution in [0.4, 0.5) is 0 Å². The van der Waals surface area contributed by atoms with Crippen LogP contribution in [0.5, 0.6) is 0 Å². The molecule has 1 rings (SSSR count). The average Bonchev–Trinajstić information content (AvgIpc) is 1.30. The minimum absolute atomic E-state index is 0. The van der Waals surface area contributed by atoms with Gasteiger partial charge in [0, 0.05) is 13.0 Å². The molecule has 3 heteroatoms. The summed E-state index contributed by atoms with van der Waals surface area (Å²) in [7, 11) is 0. The Morgan fingerprint density at radius 2 is 2.00 bits per heavy atom. The lowest BCUT2D eigenvalue weighted by Crippen LogP contribution is -2.37. The molecule has 0 atom stereocenters. The molecule has 1 aliphatic rings. The molecule has 0 radical (unpaired) electrons. The minimum atomic E-state index is 0. The van der Waals surface area contributed by atoms with Crippen molar-refractivity contribution in [3.8, 4) is 0 Å². The van der Waals surface area contributed by atoms with Crippen molar-refractivity contribution in [2.24, 2.45) is 0 Å². The van der Waals surface area contributed by atoms with Crippen LogP contribution in [-0.4, -0.2) is 12.5 Å². The molecule has 0 spiro atoms. The Bertz CT molecular complexity index is 55.8. The summed E-state index contributed by atoms with van der Waals surface area (Å²) in [5.74, 6) is 0.185. The van der Waals surface area contributed by atoms with E-state index < -0.39 is 0 Å². The second-order valence-electron chi connectivity index (χ2n) is 1.10. The van der Waals surface area contributed by atoms with Crippen LogP contribution in [0, 0.1) is 0 Å². The molecule has 1 amide bonds. The van der Waals surface area contributed by atoms with Crippen LogP contribution in [0.1, 0.15) is 6.42 Å². The number of rotatable bonds is 0. The van der Waals surface area contributed by atoms with Crippen molar-refractivity contribution in [2.75, 3.05) is 6.54 Å². The molecule has 6 heavy (non-hydrogen) atoms. The van der Waals surface area contributed by atoms with Crippen molar-refractivity contribution in [3.05, 3.63) is 0 Å². The number of nitrogens with one attached hydrogen (secondary N) is 1. The molecular formula is C3H8N2O. The van der Waals surface area contributed by atoms with Gasteiger partial charge in [0.15, 0.2) is 0 Å². The lowest BCUT2D eigenvalue weighted by Gasteiger charge is -2.10. The van der Waals surface area contributed by atoms with Gasteiger partial charge in [-0.05, 0) is 0 Å². The van der Waals surface area contributed by atoms with Crippen molar-refractivity contribution in [1.82, 2.24) is 11.5 Å². The van der Waals surface area contributed by atoms with Gasteiger partial charge in [0.05, 0.1) is 0 Å². The van der Waals surface area contributed by atoms with Crippen molar-refractivity contribution in [3.63, 3.8) is 0 Å². The minimum Gasteiger partial charge on any atom is -0.356 e. The van der Waals surface area contributed by atoms with Gasteiger partial charge < -0.3 is 11.5 Å². The van der Waals surface area contributed by atoms with Crippen molar-refractivity contribution in [1.29, 1.82) is 0 Å². The molecule has 0 bridgehead atoms. The molecular weight excluding hydrogens is 80.0 g/mol. The van der Waals surface area contributed by atoms with Crippen molar-refractivity contribution >= 4 is 5.91 Å². The van der Waals surface area contributed by atoms with Crippen LogP contribution in [-0.2, 0) is 4.79 Å². The van der Waals surface area contributed by atoms with Gasteiger partial charge in [0.1, 0.15) is 0 Å². The SMILES string of the molecule is N.O=C1CCN1. The highest BCUT2D eigenvalue weighted by atomic mass is 16.2. The van der Waals surface area contributed by atoms with E-state index in [1.54, 1.807) is 0 Å². The summed E-state index contributed by atoms with van der Waals surface area (Å²) in [6.45, 7) is 0.888. The zero-order valence-corrected chi connectivity index (χ0v) is 3.53. The molecule has 0 saturated carbocycles. The molecule has 0 aromatic carbocycles. The summed E-state index contributed by atoms with van der Waals surface area (Å²) in [4.78, 5) is 9.79. The van der Waals surface area contributed by atoms with E-state index in [-0.39, 0.29) is 12.1 Å². The fourth-order valence-electron chi connectivity index (χ4n) is 0.227. The van der Waals surface area contributed by atoms with Gasteiger partial charge in [-0.3, -0.25) is 4.79 Å². The molecule has 1 fully saturated rings. The van der Waals surface area contributed by atoms with Crippen LogP contribution in [0.3, 0.4) is 0 Å². The number of β-lactam (4-membered cyclic amide) rings is 1. The first-order chi connectivity index (χ1) is 2.39. The molecule has 0 unspecified atom stereocenters. The summed E-state index contributed by atoms with van der Waals surface area (Å²) in [6.07, 6.45) is 0.736. The van der Waals surface area contributed by atoms with Gasteiger partial charge in [0.25, 0.3) is 0 Å². The zero-order valence-electron chi connectivity index (χ0n) is 3.53. The predicted octanol–water partition coefficient (Wildman–Crippen LogP) is -0.332. The Balaban J connectivity index is 0.000000250. The molecule has 1 aliphatic heterocycles. The second-order valence-corrected chi connectivity index (χ2v) is 1.10. The third kappa shape index (κ3) is 0.687. The first kappa shape index (κ1) is 5.43. The lowest BCUT2D eigenvalue weighted by molar-refractivity contribution is -0.125. The smallest absolute Gasteiger partial charge is 0.221 e. The predicted molar refractivity (Wildman–Crippen MR) is 22.6 cm³/mol. The normalized spacial score (nSPS) is 17.0. The van der Waals surface area contributed by atoms with Gasteiger partial charge in [-0.15, -0.1) is 0 Å². The summed E-state index contributed by atoms with van der Waals surface area (Å²) < 4.78 is 0. The highest BCUT2D eigenvalue weighted by molar-refractivity contribution is 5.81. The molecule has 3 nitrogen and oxygen atoms in total. The maximum absolute atomic E-state index is 9.79. The maximum Gasteiger partial charge on any atom is 0.221 e. The first-order valence-corrected chi connectivity index (χ1v) is 1.66. The van der Waals surface area contributed by atoms with E-state index >= 15 is 0 Å². The molecule has 36 valence electrons. The number of carbonyl (C=O) groups excluding carboxylic acids is 1. The van der Waals surface area contributed by atoms with Crippen LogP contribution in [0.25, 0.3) is 0 Å². The zero-order chi connectivity index (χ0) is 3.70. The Morgan fingerprint density at radius 1 is 1.67 bits per heavy atom. The highest BCUT2D eigenvalue weighted by Gasteiger charge is 2.07. The van der Waals surface area contributed by atoms with Gasteiger partial charge in [-0.1, -0.05) is 0 Å². The summed E-state index contributed by atoms with van der Waals surface area (Å²) >= 11 is 0. The molecule has 1 saturated heterocycles. The number of hydrogen-bond donors (Lipinski definition) is 2. The van der Waals surface area contributed by atoms with E-state index in [1.807, 2.05) is 0 Å². The first-order valence-electron chi connectivity index (χ1n) is 1.66. The van der Waals surface area contributed by atoms with Crippen LogP contribution in [0.15, 0.2) is 0 Å². The van der Waals surface area contributed by atoms with Gasteiger partial charge in [-0.2, -0.15) is 0 Å². The Morgan fingerprint density at radius 3 is 2.00 bits per heavy atom. The molecule has 4 N–H and O–H groups in total. The number of amides is 1. The van der Waals surface area contributed by atoms with Gasteiger partial charge >= 0.3 is 0 Å². The lowest BCUT2D eigenvalue weighted by atomic mass is 10.3. The highest BCUT2D eigenvalue weighted by Crippen LogP contribution is 1.85. The Kier molecular flexibility index (Phi) is 1.60. The van der Waals surface area contributed by atoms with E-state index in [1.165, 1.54) is 0 Å². The largest absolute Gasteiger partial charge is 0.356 e. The molecule has 0 aromatic heterocycles. The second kappa shape index (κ2) is 1.77. The van der Waals surface area contributed by atoms with Crippen molar-refractivity contribution < 1.29 is 4.79 Å². The topological polar surface area (TPSA) is 64.1 Å².